The molecule has 2 heteroatoms. The zero-order chi connectivity index (χ0) is 8.97. The molecule has 0 saturated heterocycles. The van der Waals surface area contributed by atoms with Crippen LogP contribution in [0.5, 0.6) is 0 Å². The molecule has 0 amide bonds. The molecule has 1 atom stereocenters. The van der Waals surface area contributed by atoms with E-state index in [-0.39, 0.29) is 11.8 Å². The van der Waals surface area contributed by atoms with Crippen LogP contribution in [0.3, 0.4) is 0 Å². The Bertz CT molecular complexity index is 256. The molecule has 2 N–H and O–H groups in total. The number of hydrogen-bond acceptors (Lipinski definition) is 2. The Balaban J connectivity index is 2.65. The molecule has 2 nitrogen and oxygen atoms in total. The van der Waals surface area contributed by atoms with Gasteiger partial charge in [-0.2, -0.15) is 0 Å². The fraction of sp³-hybridized carbons (Fsp3) is 0.300. The Kier molecular flexibility index (Phi) is 3.00. The van der Waals surface area contributed by atoms with E-state index in [1.165, 1.54) is 0 Å². The van der Waals surface area contributed by atoms with Gasteiger partial charge < -0.3 is 5.73 Å². The second-order valence-corrected chi connectivity index (χ2v) is 2.92. The van der Waals surface area contributed by atoms with Crippen LogP contribution in [0.1, 0.15) is 24.9 Å². The van der Waals surface area contributed by atoms with Crippen LogP contribution in [0.4, 0.5) is 0 Å². The van der Waals surface area contributed by atoms with Gasteiger partial charge in [-0.15, -0.1) is 0 Å². The monoisotopic (exact) mass is 163 g/mol. The van der Waals surface area contributed by atoms with Crippen LogP contribution >= 0.6 is 0 Å². The van der Waals surface area contributed by atoms with E-state index in [9.17, 15) is 4.79 Å². The average Bonchev–Trinajstić information content (AvgIpc) is 2.05. The highest BCUT2D eigenvalue weighted by molar-refractivity contribution is 5.76. The normalized spacial score (nSPS) is 12.5. The third-order valence-electron chi connectivity index (χ3n) is 1.74. The van der Waals surface area contributed by atoms with Crippen molar-refractivity contribution >= 4 is 5.78 Å². The van der Waals surface area contributed by atoms with E-state index in [2.05, 4.69) is 0 Å². The highest BCUT2D eigenvalue weighted by Crippen LogP contribution is 2.12. The van der Waals surface area contributed by atoms with Crippen molar-refractivity contribution in [2.75, 3.05) is 0 Å². The minimum Gasteiger partial charge on any atom is -0.324 e. The average molecular weight is 163 g/mol. The van der Waals surface area contributed by atoms with E-state index in [1.54, 1.807) is 6.92 Å². The van der Waals surface area contributed by atoms with Gasteiger partial charge in [0.15, 0.2) is 0 Å². The molecule has 12 heavy (non-hydrogen) atoms. The van der Waals surface area contributed by atoms with Crippen LogP contribution in [0, 0.1) is 0 Å². The molecule has 0 aliphatic rings. The molecule has 0 spiro atoms. The summed E-state index contributed by atoms with van der Waals surface area (Å²) in [7, 11) is 0. The van der Waals surface area contributed by atoms with Crippen molar-refractivity contribution in [3.05, 3.63) is 35.9 Å². The summed E-state index contributed by atoms with van der Waals surface area (Å²) in [6, 6.07) is 9.51. The van der Waals surface area contributed by atoms with E-state index in [4.69, 9.17) is 5.73 Å². The smallest absolute Gasteiger partial charge is 0.131 e. The van der Waals surface area contributed by atoms with Crippen LogP contribution in [-0.4, -0.2) is 5.78 Å². The van der Waals surface area contributed by atoms with E-state index in [1.807, 2.05) is 30.3 Å². The van der Waals surface area contributed by atoms with Gasteiger partial charge in [0, 0.05) is 12.5 Å². The summed E-state index contributed by atoms with van der Waals surface area (Å²) in [5, 5.41) is 0. The number of carbonyl (C=O) groups excluding carboxylic acids is 1. The van der Waals surface area contributed by atoms with Crippen LogP contribution in [-0.2, 0) is 4.79 Å². The molecule has 0 aliphatic heterocycles. The summed E-state index contributed by atoms with van der Waals surface area (Å²) in [4.78, 5) is 10.7. The SMILES string of the molecule is CC(=O)CC(N)c1ccccc1. The predicted octanol–water partition coefficient (Wildman–Crippen LogP) is 1.67. The lowest BCUT2D eigenvalue weighted by molar-refractivity contribution is -0.117. The molecule has 1 unspecified atom stereocenters. The lowest BCUT2D eigenvalue weighted by atomic mass is 10.0. The maximum atomic E-state index is 10.7. The van der Waals surface area contributed by atoms with Crippen molar-refractivity contribution in [2.45, 2.75) is 19.4 Å². The quantitative estimate of drug-likeness (QED) is 0.736. The molecule has 1 aromatic rings. The number of ketones is 1. The van der Waals surface area contributed by atoms with Gasteiger partial charge in [0.25, 0.3) is 0 Å². The van der Waals surface area contributed by atoms with Gasteiger partial charge >= 0.3 is 0 Å². The number of benzene rings is 1. The van der Waals surface area contributed by atoms with E-state index >= 15 is 0 Å². The molecular formula is C10H13NO. The highest BCUT2D eigenvalue weighted by Gasteiger charge is 2.06. The fourth-order valence-corrected chi connectivity index (χ4v) is 1.13. The summed E-state index contributed by atoms with van der Waals surface area (Å²) in [5.41, 5.74) is 6.80. The van der Waals surface area contributed by atoms with Crippen LogP contribution in [0.2, 0.25) is 0 Å². The van der Waals surface area contributed by atoms with Crippen molar-refractivity contribution in [3.8, 4) is 0 Å². The summed E-state index contributed by atoms with van der Waals surface area (Å²) in [6.07, 6.45) is 0.421. The molecule has 1 aromatic carbocycles. The maximum absolute atomic E-state index is 10.7. The molecule has 0 fully saturated rings. The molecule has 0 aliphatic carbocycles. The largest absolute Gasteiger partial charge is 0.324 e. The number of rotatable bonds is 3. The fourth-order valence-electron chi connectivity index (χ4n) is 1.13. The third kappa shape index (κ3) is 2.47. The maximum Gasteiger partial charge on any atom is 0.131 e. The third-order valence-corrected chi connectivity index (χ3v) is 1.74. The first kappa shape index (κ1) is 8.94. The summed E-state index contributed by atoms with van der Waals surface area (Å²) in [5.74, 6) is 0.131. The van der Waals surface area contributed by atoms with Crippen LogP contribution < -0.4 is 5.73 Å². The molecule has 0 bridgehead atoms. The first-order chi connectivity index (χ1) is 5.70. The minimum absolute atomic E-state index is 0.131. The zero-order valence-corrected chi connectivity index (χ0v) is 7.16. The second-order valence-electron chi connectivity index (χ2n) is 2.92. The Labute approximate surface area is 72.4 Å². The molecular weight excluding hydrogens is 150 g/mol. The van der Waals surface area contributed by atoms with Crippen LogP contribution in [0.25, 0.3) is 0 Å². The first-order valence-electron chi connectivity index (χ1n) is 4.00. The van der Waals surface area contributed by atoms with Gasteiger partial charge in [-0.1, -0.05) is 30.3 Å². The molecule has 0 aromatic heterocycles. The zero-order valence-electron chi connectivity index (χ0n) is 7.16. The van der Waals surface area contributed by atoms with Crippen molar-refractivity contribution < 1.29 is 4.79 Å². The molecule has 0 saturated carbocycles. The number of Topliss-reactive ketones (excluding diaryl/α,β-unsaturated/α-hetero) is 1. The van der Waals surface area contributed by atoms with Gasteiger partial charge in [0.1, 0.15) is 5.78 Å². The summed E-state index contributed by atoms with van der Waals surface area (Å²) < 4.78 is 0. The number of carbonyl (C=O) groups is 1. The van der Waals surface area contributed by atoms with Gasteiger partial charge in [0.2, 0.25) is 0 Å². The highest BCUT2D eigenvalue weighted by atomic mass is 16.1. The standard InChI is InChI=1S/C10H13NO/c1-8(12)7-10(11)9-5-3-2-4-6-9/h2-6,10H,7,11H2,1H3. The van der Waals surface area contributed by atoms with E-state index in [0.29, 0.717) is 6.42 Å². The van der Waals surface area contributed by atoms with Crippen molar-refractivity contribution in [3.63, 3.8) is 0 Å². The topological polar surface area (TPSA) is 43.1 Å². The van der Waals surface area contributed by atoms with Crippen molar-refractivity contribution in [1.82, 2.24) is 0 Å². The van der Waals surface area contributed by atoms with Gasteiger partial charge in [0.05, 0.1) is 0 Å². The number of hydrogen-bond donors (Lipinski definition) is 1. The second kappa shape index (κ2) is 4.02. The lowest BCUT2D eigenvalue weighted by Crippen LogP contribution is -2.13. The lowest BCUT2D eigenvalue weighted by Gasteiger charge is -2.08. The number of nitrogens with two attached hydrogens (primary N) is 1. The molecule has 0 heterocycles. The Morgan fingerprint density at radius 1 is 1.42 bits per heavy atom. The summed E-state index contributed by atoms with van der Waals surface area (Å²) >= 11 is 0. The molecule has 1 rings (SSSR count). The first-order valence-corrected chi connectivity index (χ1v) is 4.00. The van der Waals surface area contributed by atoms with Gasteiger partial charge in [-0.3, -0.25) is 4.79 Å². The van der Waals surface area contributed by atoms with E-state index in [0.717, 1.165) is 5.56 Å². The molecule has 0 radical (unpaired) electrons. The Morgan fingerprint density at radius 3 is 2.50 bits per heavy atom. The van der Waals surface area contributed by atoms with Gasteiger partial charge in [-0.05, 0) is 12.5 Å². The Morgan fingerprint density at radius 2 is 2.00 bits per heavy atom. The molecule has 64 valence electrons. The van der Waals surface area contributed by atoms with Crippen molar-refractivity contribution in [2.24, 2.45) is 5.73 Å². The minimum atomic E-state index is -0.149. The van der Waals surface area contributed by atoms with Crippen molar-refractivity contribution in [1.29, 1.82) is 0 Å². The predicted molar refractivity (Wildman–Crippen MR) is 48.7 cm³/mol. The van der Waals surface area contributed by atoms with Crippen LogP contribution in [0.15, 0.2) is 30.3 Å². The summed E-state index contributed by atoms with van der Waals surface area (Å²) in [6.45, 7) is 1.56. The van der Waals surface area contributed by atoms with E-state index < -0.39 is 0 Å². The van der Waals surface area contributed by atoms with Gasteiger partial charge in [-0.25, -0.2) is 0 Å². The Hall–Kier alpha value is -1.15.